The van der Waals surface area contributed by atoms with Gasteiger partial charge in [0.2, 0.25) is 5.91 Å². The Hall–Kier alpha value is -1.38. The highest BCUT2D eigenvalue weighted by atomic mass is 32.1. The second-order valence-electron chi connectivity index (χ2n) is 2.92. The van der Waals surface area contributed by atoms with Crippen molar-refractivity contribution in [1.29, 1.82) is 5.26 Å². The molecule has 1 heterocycles. The summed E-state index contributed by atoms with van der Waals surface area (Å²) in [5.41, 5.74) is 5.73. The third kappa shape index (κ3) is 2.83. The molecule has 0 radical (unpaired) electrons. The fraction of sp³-hybridized carbons (Fsp3) is 0.333. The molecule has 0 aliphatic rings. The number of thiophene rings is 1. The van der Waals surface area contributed by atoms with Gasteiger partial charge in [-0.15, -0.1) is 11.3 Å². The average Bonchev–Trinajstić information content (AvgIpc) is 2.61. The summed E-state index contributed by atoms with van der Waals surface area (Å²) in [4.78, 5) is 11.7. The molecule has 1 atom stereocenters. The number of hydrogen-bond acceptors (Lipinski definition) is 4. The molecular weight excluding hydrogens is 198 g/mol. The topological polar surface area (TPSA) is 78.9 Å². The van der Waals surface area contributed by atoms with Crippen molar-refractivity contribution in [2.45, 2.75) is 19.5 Å². The van der Waals surface area contributed by atoms with Gasteiger partial charge in [0.25, 0.3) is 0 Å². The van der Waals surface area contributed by atoms with Crippen molar-refractivity contribution in [3.8, 4) is 6.07 Å². The van der Waals surface area contributed by atoms with Crippen LogP contribution in [0.25, 0.3) is 0 Å². The molecule has 14 heavy (non-hydrogen) atoms. The van der Waals surface area contributed by atoms with Gasteiger partial charge in [0.15, 0.2) is 0 Å². The molecule has 0 aliphatic heterocycles. The minimum absolute atomic E-state index is 0.345. The molecule has 0 aromatic carbocycles. The molecule has 74 valence electrons. The molecule has 0 fully saturated rings. The first-order valence-corrected chi connectivity index (χ1v) is 5.01. The first-order valence-electron chi connectivity index (χ1n) is 4.13. The number of nitrogens with one attached hydrogen (secondary N) is 1. The van der Waals surface area contributed by atoms with Crippen molar-refractivity contribution >= 4 is 17.2 Å². The zero-order chi connectivity index (χ0) is 10.6. The van der Waals surface area contributed by atoms with E-state index in [1.165, 1.54) is 11.3 Å². The van der Waals surface area contributed by atoms with Crippen LogP contribution in [0.2, 0.25) is 0 Å². The van der Waals surface area contributed by atoms with Crippen LogP contribution in [-0.4, -0.2) is 11.9 Å². The van der Waals surface area contributed by atoms with Gasteiger partial charge in [0.05, 0.1) is 11.6 Å². The van der Waals surface area contributed by atoms with Crippen molar-refractivity contribution < 1.29 is 4.79 Å². The van der Waals surface area contributed by atoms with Gasteiger partial charge in [0.1, 0.15) is 6.07 Å². The van der Waals surface area contributed by atoms with Gasteiger partial charge in [-0.2, -0.15) is 5.26 Å². The van der Waals surface area contributed by atoms with Crippen LogP contribution in [0, 0.1) is 11.3 Å². The summed E-state index contributed by atoms with van der Waals surface area (Å²) in [6.07, 6.45) is 0. The van der Waals surface area contributed by atoms with E-state index in [-0.39, 0.29) is 11.9 Å². The maximum atomic E-state index is 10.7. The predicted octanol–water partition coefficient (Wildman–Crippen LogP) is 0.583. The number of amides is 1. The second kappa shape index (κ2) is 4.74. The Morgan fingerprint density at radius 3 is 3.07 bits per heavy atom. The number of carbonyl (C=O) groups is 1. The second-order valence-corrected chi connectivity index (χ2v) is 3.91. The van der Waals surface area contributed by atoms with E-state index in [1.54, 1.807) is 18.4 Å². The number of rotatable bonds is 4. The molecular formula is C9H11N3OS. The summed E-state index contributed by atoms with van der Waals surface area (Å²) in [6.45, 7) is 2.28. The highest BCUT2D eigenvalue weighted by Crippen LogP contribution is 2.13. The molecule has 4 nitrogen and oxygen atoms in total. The number of primary amides is 1. The van der Waals surface area contributed by atoms with Crippen molar-refractivity contribution in [1.82, 2.24) is 5.32 Å². The highest BCUT2D eigenvalue weighted by molar-refractivity contribution is 7.10. The summed E-state index contributed by atoms with van der Waals surface area (Å²) in [7, 11) is 0. The van der Waals surface area contributed by atoms with Gasteiger partial charge in [-0.25, -0.2) is 0 Å². The lowest BCUT2D eigenvalue weighted by atomic mass is 10.3. The van der Waals surface area contributed by atoms with Crippen LogP contribution in [0.1, 0.15) is 17.4 Å². The quantitative estimate of drug-likeness (QED) is 0.761. The van der Waals surface area contributed by atoms with E-state index in [1.807, 2.05) is 6.07 Å². The Morgan fingerprint density at radius 2 is 2.57 bits per heavy atom. The molecule has 1 aromatic heterocycles. The van der Waals surface area contributed by atoms with E-state index in [2.05, 4.69) is 5.32 Å². The van der Waals surface area contributed by atoms with E-state index >= 15 is 0 Å². The summed E-state index contributed by atoms with van der Waals surface area (Å²) in [5, 5.41) is 13.3. The minimum Gasteiger partial charge on any atom is -0.368 e. The van der Waals surface area contributed by atoms with Gasteiger partial charge < -0.3 is 11.1 Å². The van der Waals surface area contributed by atoms with Gasteiger partial charge in [0, 0.05) is 16.8 Å². The number of carbonyl (C=O) groups excluding carboxylic acids is 1. The lowest BCUT2D eigenvalue weighted by Gasteiger charge is -2.07. The Balaban J connectivity index is 2.46. The monoisotopic (exact) mass is 209 g/mol. The lowest BCUT2D eigenvalue weighted by Crippen LogP contribution is -2.38. The average molecular weight is 209 g/mol. The van der Waals surface area contributed by atoms with Crippen LogP contribution in [0.3, 0.4) is 0 Å². The lowest BCUT2D eigenvalue weighted by molar-refractivity contribution is -0.119. The number of nitriles is 1. The van der Waals surface area contributed by atoms with Crippen molar-refractivity contribution in [2.75, 3.05) is 0 Å². The summed E-state index contributed by atoms with van der Waals surface area (Å²) in [5.74, 6) is -0.373. The van der Waals surface area contributed by atoms with Crippen LogP contribution < -0.4 is 11.1 Å². The Kier molecular flexibility index (Phi) is 3.63. The predicted molar refractivity (Wildman–Crippen MR) is 54.5 cm³/mol. The summed E-state index contributed by atoms with van der Waals surface area (Å²) >= 11 is 1.49. The molecule has 0 spiro atoms. The molecule has 1 rings (SSSR count). The van der Waals surface area contributed by atoms with Crippen molar-refractivity contribution in [2.24, 2.45) is 5.73 Å². The summed E-state index contributed by atoms with van der Waals surface area (Å²) < 4.78 is 0. The molecule has 5 heteroatoms. The smallest absolute Gasteiger partial charge is 0.234 e. The first-order chi connectivity index (χ1) is 6.63. The number of nitrogens with two attached hydrogens (primary N) is 1. The third-order valence-electron chi connectivity index (χ3n) is 1.79. The maximum absolute atomic E-state index is 10.7. The Morgan fingerprint density at radius 1 is 1.86 bits per heavy atom. The van der Waals surface area contributed by atoms with Crippen molar-refractivity contribution in [3.63, 3.8) is 0 Å². The fourth-order valence-corrected chi connectivity index (χ4v) is 1.65. The molecule has 0 aliphatic carbocycles. The van der Waals surface area contributed by atoms with Gasteiger partial charge in [-0.3, -0.25) is 4.79 Å². The standard InChI is InChI=1S/C9H11N3OS/c1-6(9(11)13)12-4-8-2-7(3-10)5-14-8/h2,5-6,12H,4H2,1H3,(H2,11,13). The van der Waals surface area contributed by atoms with Crippen molar-refractivity contribution in [3.05, 3.63) is 21.9 Å². The van der Waals surface area contributed by atoms with Crippen LogP contribution in [0.5, 0.6) is 0 Å². The number of nitrogens with zero attached hydrogens (tertiary/aromatic N) is 1. The molecule has 0 bridgehead atoms. The van der Waals surface area contributed by atoms with E-state index in [4.69, 9.17) is 11.0 Å². The SMILES string of the molecule is CC(NCc1cc(C#N)cs1)C(N)=O. The van der Waals surface area contributed by atoms with E-state index in [0.29, 0.717) is 12.1 Å². The maximum Gasteiger partial charge on any atom is 0.234 e. The largest absolute Gasteiger partial charge is 0.368 e. The van der Waals surface area contributed by atoms with Crippen LogP contribution in [-0.2, 0) is 11.3 Å². The zero-order valence-corrected chi connectivity index (χ0v) is 8.60. The molecule has 1 aromatic rings. The fourth-order valence-electron chi connectivity index (χ4n) is 0.886. The van der Waals surface area contributed by atoms with Gasteiger partial charge in [-0.05, 0) is 13.0 Å². The zero-order valence-electron chi connectivity index (χ0n) is 7.78. The highest BCUT2D eigenvalue weighted by Gasteiger charge is 2.07. The van der Waals surface area contributed by atoms with Gasteiger partial charge >= 0.3 is 0 Å². The molecule has 3 N–H and O–H groups in total. The van der Waals surface area contributed by atoms with Crippen LogP contribution >= 0.6 is 11.3 Å². The van der Waals surface area contributed by atoms with Gasteiger partial charge in [-0.1, -0.05) is 0 Å². The summed E-state index contributed by atoms with van der Waals surface area (Å²) in [6, 6.07) is 3.50. The number of hydrogen-bond donors (Lipinski definition) is 2. The van der Waals surface area contributed by atoms with Crippen LogP contribution in [0.4, 0.5) is 0 Å². The Bertz CT molecular complexity index is 366. The van der Waals surface area contributed by atoms with E-state index in [0.717, 1.165) is 4.88 Å². The normalized spacial score (nSPS) is 12.0. The van der Waals surface area contributed by atoms with E-state index in [9.17, 15) is 4.79 Å². The third-order valence-corrected chi connectivity index (χ3v) is 2.73. The minimum atomic E-state index is -0.373. The molecule has 1 unspecified atom stereocenters. The molecule has 0 saturated carbocycles. The Labute approximate surface area is 86.3 Å². The first kappa shape index (κ1) is 10.7. The van der Waals surface area contributed by atoms with Crippen LogP contribution in [0.15, 0.2) is 11.4 Å². The molecule has 1 amide bonds. The molecule has 0 saturated heterocycles. The van der Waals surface area contributed by atoms with E-state index < -0.39 is 0 Å².